The van der Waals surface area contributed by atoms with Crippen molar-refractivity contribution in [2.45, 2.75) is 168 Å². The first-order valence-electron chi connectivity index (χ1n) is 16.5. The molecule has 0 spiro atoms. The van der Waals surface area contributed by atoms with E-state index in [2.05, 4.69) is 65.7 Å². The second-order valence-electron chi connectivity index (χ2n) is 11.4. The van der Waals surface area contributed by atoms with Crippen LogP contribution in [0.25, 0.3) is 5.69 Å². The second-order valence-corrected chi connectivity index (χ2v) is 11.4. The van der Waals surface area contributed by atoms with Gasteiger partial charge in [-0.1, -0.05) is 154 Å². The third-order valence-electron chi connectivity index (χ3n) is 8.05. The Hall–Kier alpha value is -1.57. The van der Waals surface area contributed by atoms with E-state index in [-0.39, 0.29) is 0 Å². The van der Waals surface area contributed by atoms with Crippen molar-refractivity contribution in [2.24, 2.45) is 0 Å². The summed E-state index contributed by atoms with van der Waals surface area (Å²) in [6.07, 6.45) is 36.8. The lowest BCUT2D eigenvalue weighted by Crippen LogP contribution is -2.37. The summed E-state index contributed by atoms with van der Waals surface area (Å²) in [6, 6.07) is 10.9. The highest BCUT2D eigenvalue weighted by molar-refractivity contribution is 5.31. The molecule has 2 nitrogen and oxygen atoms in total. The van der Waals surface area contributed by atoms with E-state index in [0.717, 1.165) is 0 Å². The normalized spacial score (nSPS) is 11.4. The standard InChI is InChI=1S/C35H61N2/c1-3-5-7-9-11-13-14-15-16-17-18-20-22-27-31-36-32-33-37(34-28-24-23-25-29-34)35(36)30-26-21-19-12-10-8-6-4-2/h23-25,28-29,32-33H,3-22,26-27,30-31H2,1-2H3/q+1. The van der Waals surface area contributed by atoms with Crippen molar-refractivity contribution in [3.63, 3.8) is 0 Å². The van der Waals surface area contributed by atoms with E-state index in [0.29, 0.717) is 0 Å². The van der Waals surface area contributed by atoms with Crippen LogP contribution in [0.4, 0.5) is 0 Å². The number of nitrogens with zero attached hydrogens (tertiary/aromatic N) is 2. The molecular formula is C35H61N2+. The van der Waals surface area contributed by atoms with Crippen LogP contribution in [0.5, 0.6) is 0 Å². The molecule has 210 valence electrons. The molecule has 0 amide bonds. The van der Waals surface area contributed by atoms with E-state index < -0.39 is 0 Å². The van der Waals surface area contributed by atoms with Crippen molar-refractivity contribution in [1.29, 1.82) is 0 Å². The van der Waals surface area contributed by atoms with Crippen LogP contribution >= 0.6 is 0 Å². The minimum absolute atomic E-state index is 1.17. The van der Waals surface area contributed by atoms with E-state index in [9.17, 15) is 0 Å². The lowest BCUT2D eigenvalue weighted by atomic mass is 10.0. The van der Waals surface area contributed by atoms with E-state index >= 15 is 0 Å². The molecule has 0 radical (unpaired) electrons. The summed E-state index contributed by atoms with van der Waals surface area (Å²) in [7, 11) is 0. The predicted octanol–water partition coefficient (Wildman–Crippen LogP) is 10.9. The Kier molecular flexibility index (Phi) is 19.2. The minimum atomic E-state index is 1.17. The SMILES string of the molecule is CCCCCCCCCCCCCCCC[n+]1ccn(-c2ccccc2)c1CCCCCCCCCC. The number of para-hydroxylation sites is 1. The number of imidazole rings is 1. The summed E-state index contributed by atoms with van der Waals surface area (Å²) in [5.74, 6) is 1.49. The van der Waals surface area contributed by atoms with Gasteiger partial charge in [-0.25, -0.2) is 4.57 Å². The molecule has 2 aromatic rings. The zero-order chi connectivity index (χ0) is 26.2. The van der Waals surface area contributed by atoms with Crippen LogP contribution in [-0.2, 0) is 13.0 Å². The molecule has 0 aliphatic rings. The average Bonchev–Trinajstić information content (AvgIpc) is 3.33. The van der Waals surface area contributed by atoms with Crippen LogP contribution < -0.4 is 4.57 Å². The zero-order valence-electron chi connectivity index (χ0n) is 24.9. The van der Waals surface area contributed by atoms with Gasteiger partial charge < -0.3 is 0 Å². The highest BCUT2D eigenvalue weighted by Gasteiger charge is 2.18. The summed E-state index contributed by atoms with van der Waals surface area (Å²) in [6.45, 7) is 5.78. The van der Waals surface area contributed by atoms with Crippen LogP contribution in [0.2, 0.25) is 0 Å². The highest BCUT2D eigenvalue weighted by Crippen LogP contribution is 2.16. The van der Waals surface area contributed by atoms with Gasteiger partial charge in [0.2, 0.25) is 0 Å². The molecule has 37 heavy (non-hydrogen) atoms. The van der Waals surface area contributed by atoms with Gasteiger partial charge in [0.05, 0.1) is 6.54 Å². The van der Waals surface area contributed by atoms with Crippen molar-refractivity contribution in [2.75, 3.05) is 0 Å². The van der Waals surface area contributed by atoms with Gasteiger partial charge in [-0.2, -0.15) is 4.57 Å². The van der Waals surface area contributed by atoms with Gasteiger partial charge in [0.15, 0.2) is 0 Å². The Morgan fingerprint density at radius 3 is 1.43 bits per heavy atom. The van der Waals surface area contributed by atoms with Gasteiger partial charge in [-0.3, -0.25) is 0 Å². The predicted molar refractivity (Wildman–Crippen MR) is 163 cm³/mol. The van der Waals surface area contributed by atoms with E-state index in [1.54, 1.807) is 0 Å². The summed E-state index contributed by atoms with van der Waals surface area (Å²) in [5.41, 5.74) is 1.30. The van der Waals surface area contributed by atoms with E-state index in [1.807, 2.05) is 0 Å². The molecule has 0 unspecified atom stereocenters. The molecule has 0 fully saturated rings. The Labute approximate surface area is 231 Å². The van der Waals surface area contributed by atoms with Gasteiger partial charge in [0.25, 0.3) is 5.82 Å². The maximum absolute atomic E-state index is 2.55. The molecule has 2 rings (SSSR count). The molecule has 0 aliphatic heterocycles. The summed E-state index contributed by atoms with van der Waals surface area (Å²) < 4.78 is 4.99. The Balaban J connectivity index is 1.63. The van der Waals surface area contributed by atoms with Crippen molar-refractivity contribution in [1.82, 2.24) is 4.57 Å². The number of aromatic nitrogens is 2. The lowest BCUT2D eigenvalue weighted by Gasteiger charge is -2.07. The van der Waals surface area contributed by atoms with Crippen molar-refractivity contribution >= 4 is 0 Å². The number of hydrogen-bond donors (Lipinski definition) is 0. The van der Waals surface area contributed by atoms with Gasteiger partial charge in [-0.05, 0) is 31.4 Å². The van der Waals surface area contributed by atoms with Crippen LogP contribution in [0.3, 0.4) is 0 Å². The number of rotatable bonds is 25. The first-order valence-corrected chi connectivity index (χ1v) is 16.5. The number of aryl methyl sites for hydroxylation is 1. The minimum Gasteiger partial charge on any atom is -0.234 e. The quantitative estimate of drug-likeness (QED) is 0.0929. The number of benzene rings is 1. The van der Waals surface area contributed by atoms with Gasteiger partial charge in [0, 0.05) is 6.42 Å². The van der Waals surface area contributed by atoms with Crippen LogP contribution in [0, 0.1) is 0 Å². The lowest BCUT2D eigenvalue weighted by molar-refractivity contribution is -0.704. The molecule has 2 heteroatoms. The largest absolute Gasteiger partial charge is 0.261 e. The summed E-state index contributed by atoms with van der Waals surface area (Å²) in [5, 5.41) is 0. The molecule has 1 aromatic heterocycles. The Morgan fingerprint density at radius 1 is 0.514 bits per heavy atom. The molecule has 0 bridgehead atoms. The third kappa shape index (κ3) is 14.8. The van der Waals surface area contributed by atoms with Crippen LogP contribution in [0.1, 0.15) is 161 Å². The summed E-state index contributed by atoms with van der Waals surface area (Å²) in [4.78, 5) is 0. The Morgan fingerprint density at radius 2 is 0.946 bits per heavy atom. The Bertz CT molecular complexity index is 748. The number of unbranched alkanes of at least 4 members (excludes halogenated alkanes) is 20. The topological polar surface area (TPSA) is 8.81 Å². The fourth-order valence-corrected chi connectivity index (χ4v) is 5.64. The average molecular weight is 510 g/mol. The van der Waals surface area contributed by atoms with Crippen molar-refractivity contribution in [3.05, 3.63) is 48.5 Å². The molecule has 0 saturated heterocycles. The fraction of sp³-hybridized carbons (Fsp3) is 0.743. The monoisotopic (exact) mass is 509 g/mol. The smallest absolute Gasteiger partial charge is 0.234 e. The van der Waals surface area contributed by atoms with Crippen LogP contribution in [0.15, 0.2) is 42.7 Å². The number of hydrogen-bond acceptors (Lipinski definition) is 0. The maximum Gasteiger partial charge on any atom is 0.261 e. The molecule has 1 aromatic carbocycles. The van der Waals surface area contributed by atoms with Crippen LogP contribution in [-0.4, -0.2) is 4.57 Å². The first-order chi connectivity index (χ1) is 18.4. The molecule has 1 heterocycles. The maximum atomic E-state index is 2.55. The van der Waals surface area contributed by atoms with Gasteiger partial charge >= 0.3 is 0 Å². The molecule has 0 N–H and O–H groups in total. The first kappa shape index (κ1) is 31.6. The molecule has 0 aliphatic carbocycles. The third-order valence-corrected chi connectivity index (χ3v) is 8.05. The van der Waals surface area contributed by atoms with Crippen molar-refractivity contribution < 1.29 is 4.57 Å². The zero-order valence-corrected chi connectivity index (χ0v) is 24.9. The van der Waals surface area contributed by atoms with Crippen molar-refractivity contribution in [3.8, 4) is 5.69 Å². The van der Waals surface area contributed by atoms with Gasteiger partial charge in [0.1, 0.15) is 18.1 Å². The molecular weight excluding hydrogens is 448 g/mol. The summed E-state index contributed by atoms with van der Waals surface area (Å²) >= 11 is 0. The van der Waals surface area contributed by atoms with Gasteiger partial charge in [-0.15, -0.1) is 0 Å². The molecule has 0 saturated carbocycles. The van der Waals surface area contributed by atoms with E-state index in [4.69, 9.17) is 0 Å². The highest BCUT2D eigenvalue weighted by atomic mass is 15.1. The molecule has 0 atom stereocenters. The fourth-order valence-electron chi connectivity index (χ4n) is 5.64. The van der Waals surface area contributed by atoms with E-state index in [1.165, 1.54) is 166 Å². The second kappa shape index (κ2) is 22.4.